The van der Waals surface area contributed by atoms with E-state index in [2.05, 4.69) is 5.32 Å². The number of hydrogen-bond donors (Lipinski definition) is 2. The summed E-state index contributed by atoms with van der Waals surface area (Å²) >= 11 is 0. The highest BCUT2D eigenvalue weighted by Crippen LogP contribution is 2.28. The molecule has 4 nitrogen and oxygen atoms in total. The number of carbonyl (C=O) groups excluding carboxylic acids is 1. The van der Waals surface area contributed by atoms with Gasteiger partial charge in [0.05, 0.1) is 0 Å². The Balaban J connectivity index is 1.45. The number of likely N-dealkylation sites (tertiary alicyclic amines) is 1. The van der Waals surface area contributed by atoms with Gasteiger partial charge in [-0.05, 0) is 36.6 Å². The standard InChI is InChI=1S/C21H20FN3O/c22-18-12-16(6-7-17(18)14-4-2-1-3-5-14)21(26)25-10-8-15(9-11-25)19-13-20(23)24-19/h1-7,12-13,15H,8-11H2,(H2,23,24). The van der Waals surface area contributed by atoms with E-state index in [-0.39, 0.29) is 11.7 Å². The average molecular weight is 349 g/mol. The molecule has 2 heterocycles. The van der Waals surface area contributed by atoms with Crippen molar-refractivity contribution in [3.8, 4) is 11.1 Å². The molecule has 0 saturated carbocycles. The number of amidine groups is 1. The molecule has 1 saturated heterocycles. The van der Waals surface area contributed by atoms with Crippen LogP contribution in [0.15, 0.2) is 60.3 Å². The highest BCUT2D eigenvalue weighted by atomic mass is 19.1. The Bertz CT molecular complexity index is 883. The van der Waals surface area contributed by atoms with Gasteiger partial charge in [-0.15, -0.1) is 0 Å². The van der Waals surface area contributed by atoms with Gasteiger partial charge in [0.1, 0.15) is 11.7 Å². The zero-order valence-electron chi connectivity index (χ0n) is 14.3. The Labute approximate surface area is 151 Å². The normalized spacial score (nSPS) is 17.3. The van der Waals surface area contributed by atoms with Crippen molar-refractivity contribution in [2.75, 3.05) is 13.1 Å². The zero-order valence-corrected chi connectivity index (χ0v) is 14.3. The second-order valence-electron chi connectivity index (χ2n) is 6.77. The molecule has 0 aromatic heterocycles. The second-order valence-corrected chi connectivity index (χ2v) is 6.77. The first-order chi connectivity index (χ1) is 12.6. The van der Waals surface area contributed by atoms with E-state index in [1.165, 1.54) is 6.07 Å². The average Bonchev–Trinajstić information content (AvgIpc) is 2.66. The molecule has 0 spiro atoms. The lowest BCUT2D eigenvalue weighted by molar-refractivity contribution is 0.0700. The molecule has 0 unspecified atom stereocenters. The number of piperidine rings is 1. The SMILES string of the molecule is N=C1C=C(C2CCN(C(=O)c3ccc(-c4ccccc4)c(F)c3)CC2)N1. The number of allylic oxidation sites excluding steroid dienone is 1. The van der Waals surface area contributed by atoms with Gasteiger partial charge in [-0.25, -0.2) is 4.39 Å². The highest BCUT2D eigenvalue weighted by molar-refractivity contribution is 5.98. The third kappa shape index (κ3) is 3.12. The Morgan fingerprint density at radius 3 is 2.42 bits per heavy atom. The fraction of sp³-hybridized carbons (Fsp3) is 0.238. The first-order valence-electron chi connectivity index (χ1n) is 8.83. The summed E-state index contributed by atoms with van der Waals surface area (Å²) in [5, 5.41) is 10.4. The number of carbonyl (C=O) groups is 1. The summed E-state index contributed by atoms with van der Waals surface area (Å²) in [6.07, 6.45) is 3.57. The number of hydrogen-bond acceptors (Lipinski definition) is 2. The van der Waals surface area contributed by atoms with Crippen molar-refractivity contribution in [3.05, 3.63) is 71.7 Å². The molecule has 0 radical (unpaired) electrons. The fourth-order valence-corrected chi connectivity index (χ4v) is 3.60. The zero-order chi connectivity index (χ0) is 18.1. The molecule has 2 aromatic carbocycles. The van der Waals surface area contributed by atoms with Crippen molar-refractivity contribution in [3.63, 3.8) is 0 Å². The van der Waals surface area contributed by atoms with Gasteiger partial charge < -0.3 is 10.2 Å². The molecule has 4 rings (SSSR count). The molecule has 5 heteroatoms. The molecule has 0 aliphatic carbocycles. The van der Waals surface area contributed by atoms with Crippen molar-refractivity contribution in [1.29, 1.82) is 5.41 Å². The van der Waals surface area contributed by atoms with Gasteiger partial charge in [-0.3, -0.25) is 10.2 Å². The van der Waals surface area contributed by atoms with E-state index in [0.29, 0.717) is 36.0 Å². The Morgan fingerprint density at radius 2 is 1.81 bits per heavy atom. The van der Waals surface area contributed by atoms with Crippen LogP contribution in [0, 0.1) is 17.1 Å². The van der Waals surface area contributed by atoms with Crippen molar-refractivity contribution < 1.29 is 9.18 Å². The van der Waals surface area contributed by atoms with E-state index in [0.717, 1.165) is 24.1 Å². The molecular formula is C21H20FN3O. The van der Waals surface area contributed by atoms with E-state index < -0.39 is 0 Å². The third-order valence-electron chi connectivity index (χ3n) is 5.10. The van der Waals surface area contributed by atoms with Gasteiger partial charge in [-0.2, -0.15) is 0 Å². The summed E-state index contributed by atoms with van der Waals surface area (Å²) < 4.78 is 14.5. The summed E-state index contributed by atoms with van der Waals surface area (Å²) in [5.74, 6) is 0.336. The molecule has 0 bridgehead atoms. The van der Waals surface area contributed by atoms with Crippen LogP contribution in [0.1, 0.15) is 23.2 Å². The first-order valence-corrected chi connectivity index (χ1v) is 8.83. The number of benzene rings is 2. The summed E-state index contributed by atoms with van der Waals surface area (Å²) in [5.41, 5.74) is 2.80. The molecular weight excluding hydrogens is 329 g/mol. The van der Waals surface area contributed by atoms with Crippen molar-refractivity contribution in [1.82, 2.24) is 10.2 Å². The van der Waals surface area contributed by atoms with Gasteiger partial charge in [-0.1, -0.05) is 36.4 Å². The Morgan fingerprint density at radius 1 is 1.12 bits per heavy atom. The van der Waals surface area contributed by atoms with Crippen LogP contribution in [0.5, 0.6) is 0 Å². The van der Waals surface area contributed by atoms with Gasteiger partial charge in [0.25, 0.3) is 5.91 Å². The minimum atomic E-state index is -0.376. The van der Waals surface area contributed by atoms with Crippen molar-refractivity contribution >= 4 is 11.7 Å². The molecule has 2 aliphatic heterocycles. The summed E-state index contributed by atoms with van der Waals surface area (Å²) in [6, 6.07) is 14.1. The van der Waals surface area contributed by atoms with Crippen molar-refractivity contribution in [2.45, 2.75) is 12.8 Å². The van der Waals surface area contributed by atoms with E-state index in [4.69, 9.17) is 5.41 Å². The van der Waals surface area contributed by atoms with Crippen LogP contribution in [0.25, 0.3) is 11.1 Å². The first kappa shape index (κ1) is 16.5. The molecule has 0 atom stereocenters. The Hall–Kier alpha value is -2.95. The maximum absolute atomic E-state index is 14.5. The van der Waals surface area contributed by atoms with E-state index in [1.807, 2.05) is 36.4 Å². The number of amides is 1. The number of nitrogens with one attached hydrogen (secondary N) is 2. The van der Waals surface area contributed by atoms with Gasteiger partial charge in [0.15, 0.2) is 0 Å². The minimum absolute atomic E-state index is 0.120. The summed E-state index contributed by atoms with van der Waals surface area (Å²) in [7, 11) is 0. The summed E-state index contributed by atoms with van der Waals surface area (Å²) in [6.45, 7) is 1.30. The van der Waals surface area contributed by atoms with Gasteiger partial charge >= 0.3 is 0 Å². The lowest BCUT2D eigenvalue weighted by Crippen LogP contribution is -2.43. The lowest BCUT2D eigenvalue weighted by atomic mass is 9.90. The largest absolute Gasteiger partial charge is 0.344 e. The maximum Gasteiger partial charge on any atom is 0.253 e. The van der Waals surface area contributed by atoms with Crippen LogP contribution >= 0.6 is 0 Å². The van der Waals surface area contributed by atoms with E-state index >= 15 is 0 Å². The van der Waals surface area contributed by atoms with Crippen LogP contribution in [-0.4, -0.2) is 29.7 Å². The molecule has 26 heavy (non-hydrogen) atoms. The number of nitrogens with zero attached hydrogens (tertiary/aromatic N) is 1. The van der Waals surface area contributed by atoms with Crippen LogP contribution < -0.4 is 5.32 Å². The molecule has 132 valence electrons. The number of rotatable bonds is 3. The molecule has 1 fully saturated rings. The number of halogens is 1. The highest BCUT2D eigenvalue weighted by Gasteiger charge is 2.28. The van der Waals surface area contributed by atoms with Crippen LogP contribution in [0.3, 0.4) is 0 Å². The van der Waals surface area contributed by atoms with Gasteiger partial charge in [0, 0.05) is 35.8 Å². The maximum atomic E-state index is 14.5. The smallest absolute Gasteiger partial charge is 0.253 e. The van der Waals surface area contributed by atoms with Crippen molar-refractivity contribution in [2.24, 2.45) is 5.92 Å². The molecule has 2 aliphatic rings. The molecule has 1 amide bonds. The topological polar surface area (TPSA) is 56.2 Å². The van der Waals surface area contributed by atoms with E-state index in [9.17, 15) is 9.18 Å². The lowest BCUT2D eigenvalue weighted by Gasteiger charge is -2.35. The fourth-order valence-electron chi connectivity index (χ4n) is 3.60. The predicted octanol–water partition coefficient (Wildman–Crippen LogP) is 3.81. The predicted molar refractivity (Wildman–Crippen MR) is 99.4 cm³/mol. The van der Waals surface area contributed by atoms with Crippen LogP contribution in [0.2, 0.25) is 0 Å². The van der Waals surface area contributed by atoms with E-state index in [1.54, 1.807) is 17.0 Å². The molecule has 2 N–H and O–H groups in total. The minimum Gasteiger partial charge on any atom is -0.344 e. The van der Waals surface area contributed by atoms with Crippen LogP contribution in [-0.2, 0) is 0 Å². The summed E-state index contributed by atoms with van der Waals surface area (Å²) in [4.78, 5) is 14.5. The quantitative estimate of drug-likeness (QED) is 0.885. The Kier molecular flexibility index (Phi) is 4.29. The monoisotopic (exact) mass is 349 g/mol. The van der Waals surface area contributed by atoms with Gasteiger partial charge in [0.2, 0.25) is 0 Å². The van der Waals surface area contributed by atoms with Crippen LogP contribution in [0.4, 0.5) is 4.39 Å². The second kappa shape index (κ2) is 6.75. The molecule has 2 aromatic rings. The third-order valence-corrected chi connectivity index (χ3v) is 5.10.